The minimum absolute atomic E-state index is 0.117. The second-order valence-corrected chi connectivity index (χ2v) is 8.25. The van der Waals surface area contributed by atoms with Gasteiger partial charge in [0.2, 0.25) is 0 Å². The van der Waals surface area contributed by atoms with Gasteiger partial charge in [-0.3, -0.25) is 4.99 Å². The lowest BCUT2D eigenvalue weighted by Crippen LogP contribution is -2.48. The van der Waals surface area contributed by atoms with Crippen LogP contribution in [0.2, 0.25) is 0 Å². The van der Waals surface area contributed by atoms with Crippen LogP contribution in [0.5, 0.6) is 5.75 Å². The van der Waals surface area contributed by atoms with Crippen LogP contribution in [0, 0.1) is 17.2 Å². The summed E-state index contributed by atoms with van der Waals surface area (Å²) in [6.45, 7) is 10.8. The van der Waals surface area contributed by atoms with Gasteiger partial charge in [-0.15, -0.1) is 0 Å². The number of hydrogen-bond acceptors (Lipinski definition) is 3. The molecule has 0 radical (unpaired) electrons. The molecular weight excluding hydrogens is 345 g/mol. The van der Waals surface area contributed by atoms with Crippen molar-refractivity contribution in [3.05, 3.63) is 30.1 Å². The highest BCUT2D eigenvalue weighted by molar-refractivity contribution is 5.79. The Labute approximate surface area is 162 Å². The summed E-state index contributed by atoms with van der Waals surface area (Å²) in [6.07, 6.45) is 2.29. The maximum atomic E-state index is 13.7. The third-order valence-electron chi connectivity index (χ3n) is 4.78. The van der Waals surface area contributed by atoms with Gasteiger partial charge in [-0.25, -0.2) is 4.39 Å². The molecule has 5 nitrogen and oxygen atoms in total. The third-order valence-corrected chi connectivity index (χ3v) is 4.78. The van der Waals surface area contributed by atoms with Crippen molar-refractivity contribution in [2.45, 2.75) is 52.7 Å². The van der Waals surface area contributed by atoms with E-state index in [-0.39, 0.29) is 29.2 Å². The first kappa shape index (κ1) is 21.5. The highest BCUT2D eigenvalue weighted by Gasteiger charge is 2.35. The fourth-order valence-electron chi connectivity index (χ4n) is 3.50. The molecule has 27 heavy (non-hydrogen) atoms. The van der Waals surface area contributed by atoms with E-state index in [1.54, 1.807) is 25.2 Å². The summed E-state index contributed by atoms with van der Waals surface area (Å²) in [7, 11) is 1.75. The van der Waals surface area contributed by atoms with E-state index in [2.05, 4.69) is 36.4 Å². The van der Waals surface area contributed by atoms with Crippen LogP contribution >= 0.6 is 0 Å². The van der Waals surface area contributed by atoms with E-state index < -0.39 is 0 Å². The summed E-state index contributed by atoms with van der Waals surface area (Å²) in [6, 6.07) is 6.44. The maximum absolute atomic E-state index is 13.7. The van der Waals surface area contributed by atoms with Crippen molar-refractivity contribution in [2.24, 2.45) is 16.3 Å². The van der Waals surface area contributed by atoms with Gasteiger partial charge < -0.3 is 20.1 Å². The Morgan fingerprint density at radius 1 is 1.33 bits per heavy atom. The molecule has 3 atom stereocenters. The largest absolute Gasteiger partial charge is 0.486 e. The monoisotopic (exact) mass is 379 g/mol. The van der Waals surface area contributed by atoms with Crippen LogP contribution in [-0.4, -0.2) is 44.9 Å². The van der Waals surface area contributed by atoms with Crippen molar-refractivity contribution in [1.29, 1.82) is 0 Å². The Morgan fingerprint density at radius 2 is 2.07 bits per heavy atom. The smallest absolute Gasteiger partial charge is 0.191 e. The van der Waals surface area contributed by atoms with E-state index in [9.17, 15) is 4.39 Å². The maximum Gasteiger partial charge on any atom is 0.191 e. The molecule has 152 valence electrons. The molecule has 1 saturated heterocycles. The first-order valence-corrected chi connectivity index (χ1v) is 9.78. The van der Waals surface area contributed by atoms with Crippen LogP contribution in [0.15, 0.2) is 29.3 Å². The van der Waals surface area contributed by atoms with Crippen LogP contribution in [0.4, 0.5) is 4.39 Å². The fourth-order valence-corrected chi connectivity index (χ4v) is 3.50. The quantitative estimate of drug-likeness (QED) is 0.586. The van der Waals surface area contributed by atoms with Gasteiger partial charge in [-0.1, -0.05) is 32.9 Å². The molecule has 3 unspecified atom stereocenters. The summed E-state index contributed by atoms with van der Waals surface area (Å²) in [5, 5.41) is 6.65. The highest BCUT2D eigenvalue weighted by Crippen LogP contribution is 2.33. The van der Waals surface area contributed by atoms with Gasteiger partial charge >= 0.3 is 0 Å². The number of hydrogen-bond donors (Lipinski definition) is 2. The lowest BCUT2D eigenvalue weighted by Gasteiger charge is -2.40. The Morgan fingerprint density at radius 3 is 2.74 bits per heavy atom. The van der Waals surface area contributed by atoms with E-state index in [1.165, 1.54) is 6.07 Å². The van der Waals surface area contributed by atoms with Crippen LogP contribution in [-0.2, 0) is 4.74 Å². The molecule has 1 aliphatic heterocycles. The predicted octanol–water partition coefficient (Wildman–Crippen LogP) is 3.60. The molecule has 0 saturated carbocycles. The molecule has 0 spiro atoms. The molecule has 1 heterocycles. The number of rotatable bonds is 6. The van der Waals surface area contributed by atoms with Crippen LogP contribution in [0.3, 0.4) is 0 Å². The Hall–Kier alpha value is -1.82. The van der Waals surface area contributed by atoms with Crippen molar-refractivity contribution in [1.82, 2.24) is 10.6 Å². The summed E-state index contributed by atoms with van der Waals surface area (Å²) in [5.74, 6) is 1.08. The van der Waals surface area contributed by atoms with Crippen molar-refractivity contribution >= 4 is 5.96 Å². The van der Waals surface area contributed by atoms with Gasteiger partial charge in [0.05, 0.1) is 12.6 Å². The number of halogens is 1. The Kier molecular flexibility index (Phi) is 7.90. The first-order valence-electron chi connectivity index (χ1n) is 9.78. The number of para-hydroxylation sites is 1. The molecule has 1 aliphatic rings. The zero-order valence-electron chi connectivity index (χ0n) is 17.2. The standard InChI is InChI=1S/C21H34FN3O2/c1-15(27-18-11-7-6-10-17(18)22)13-24-20(23-5)25-14-16-9-8-12-26-19(16)21(2,3)4/h6-7,10-11,15-16,19H,8-9,12-14H2,1-5H3,(H2,23,24,25). The Bertz CT molecular complexity index is 616. The summed E-state index contributed by atoms with van der Waals surface area (Å²) < 4.78 is 25.4. The van der Waals surface area contributed by atoms with Crippen molar-refractivity contribution in [2.75, 3.05) is 26.7 Å². The minimum atomic E-state index is -0.350. The lowest BCUT2D eigenvalue weighted by molar-refractivity contribution is -0.0835. The number of nitrogens with zero attached hydrogens (tertiary/aromatic N) is 1. The third kappa shape index (κ3) is 6.69. The van der Waals surface area contributed by atoms with E-state index >= 15 is 0 Å². The first-order chi connectivity index (χ1) is 12.8. The molecule has 1 fully saturated rings. The number of ether oxygens (including phenoxy) is 2. The van der Waals surface area contributed by atoms with Crippen LogP contribution in [0.1, 0.15) is 40.5 Å². The molecule has 0 bridgehead atoms. The van der Waals surface area contributed by atoms with E-state index in [4.69, 9.17) is 9.47 Å². The summed E-state index contributed by atoms with van der Waals surface area (Å²) in [5.41, 5.74) is 0.117. The minimum Gasteiger partial charge on any atom is -0.486 e. The fraction of sp³-hybridized carbons (Fsp3) is 0.667. The van der Waals surface area contributed by atoms with Gasteiger partial charge in [0.25, 0.3) is 0 Å². The van der Waals surface area contributed by atoms with E-state index in [1.807, 2.05) is 6.92 Å². The lowest BCUT2D eigenvalue weighted by atomic mass is 9.78. The summed E-state index contributed by atoms with van der Waals surface area (Å²) >= 11 is 0. The normalized spacial score (nSPS) is 22.2. The molecule has 0 aliphatic carbocycles. The van der Waals surface area contributed by atoms with Gasteiger partial charge in [0.15, 0.2) is 17.5 Å². The van der Waals surface area contributed by atoms with Crippen LogP contribution < -0.4 is 15.4 Å². The molecule has 2 rings (SSSR count). The van der Waals surface area contributed by atoms with Gasteiger partial charge in [-0.05, 0) is 37.3 Å². The van der Waals surface area contributed by atoms with Crippen LogP contribution in [0.25, 0.3) is 0 Å². The highest BCUT2D eigenvalue weighted by atomic mass is 19.1. The molecule has 1 aromatic carbocycles. The predicted molar refractivity (Wildman–Crippen MR) is 108 cm³/mol. The number of nitrogens with one attached hydrogen (secondary N) is 2. The number of aliphatic imine (C=N–C) groups is 1. The number of benzene rings is 1. The summed E-state index contributed by atoms with van der Waals surface area (Å²) in [4.78, 5) is 4.28. The average molecular weight is 380 g/mol. The topological polar surface area (TPSA) is 54.9 Å². The van der Waals surface area contributed by atoms with Crippen molar-refractivity contribution < 1.29 is 13.9 Å². The second kappa shape index (κ2) is 9.93. The second-order valence-electron chi connectivity index (χ2n) is 8.25. The molecule has 2 N–H and O–H groups in total. The molecule has 6 heteroatoms. The SMILES string of the molecule is CN=C(NCC(C)Oc1ccccc1F)NCC1CCCOC1C(C)(C)C. The molecule has 0 amide bonds. The molecule has 1 aromatic rings. The number of guanidine groups is 1. The van der Waals surface area contributed by atoms with Crippen molar-refractivity contribution in [3.63, 3.8) is 0 Å². The Balaban J connectivity index is 1.80. The van der Waals surface area contributed by atoms with Gasteiger partial charge in [-0.2, -0.15) is 0 Å². The van der Waals surface area contributed by atoms with Gasteiger partial charge in [0.1, 0.15) is 6.10 Å². The van der Waals surface area contributed by atoms with E-state index in [0.29, 0.717) is 12.5 Å². The van der Waals surface area contributed by atoms with E-state index in [0.717, 1.165) is 32.0 Å². The molecule has 0 aromatic heterocycles. The molecular formula is C21H34FN3O2. The zero-order chi connectivity index (χ0) is 19.9. The van der Waals surface area contributed by atoms with Gasteiger partial charge in [0, 0.05) is 26.1 Å². The average Bonchev–Trinajstić information content (AvgIpc) is 2.63. The zero-order valence-corrected chi connectivity index (χ0v) is 17.2. The van der Waals surface area contributed by atoms with Crippen molar-refractivity contribution in [3.8, 4) is 5.75 Å².